The molecule has 0 aliphatic rings. The number of hydrazone groups is 1. The fraction of sp³-hybridized carbons (Fsp3) is 0. The average Bonchev–Trinajstić information content (AvgIpc) is 2.73. The predicted molar refractivity (Wildman–Crippen MR) is 111 cm³/mol. The molecule has 0 radical (unpaired) electrons. The van der Waals surface area contributed by atoms with Gasteiger partial charge in [-0.1, -0.05) is 42.5 Å². The number of hydrogen-bond acceptors (Lipinski definition) is 9. The number of aromatic hydroxyl groups is 1. The van der Waals surface area contributed by atoms with Crippen LogP contribution in [0.25, 0.3) is 0 Å². The van der Waals surface area contributed by atoms with Crippen LogP contribution in [0.5, 0.6) is 5.75 Å². The van der Waals surface area contributed by atoms with Crippen molar-refractivity contribution in [2.75, 3.05) is 5.43 Å². The molecular formula is C20H15N4NaO6S. The molecule has 0 unspecified atom stereocenters. The number of carbonyl (C=O) groups is 1. The van der Waals surface area contributed by atoms with Gasteiger partial charge in [-0.2, -0.15) is 13.5 Å². The maximum atomic E-state index is 11.5. The Morgan fingerprint density at radius 1 is 1.00 bits per heavy atom. The number of aromatic carboxylic acids is 1. The van der Waals surface area contributed by atoms with Gasteiger partial charge >= 0.3 is 29.6 Å². The van der Waals surface area contributed by atoms with Gasteiger partial charge in [0, 0.05) is 5.56 Å². The zero-order chi connectivity index (χ0) is 22.4. The van der Waals surface area contributed by atoms with Crippen molar-refractivity contribution in [1.29, 1.82) is 0 Å². The van der Waals surface area contributed by atoms with Crippen LogP contribution in [0.4, 0.5) is 17.1 Å². The van der Waals surface area contributed by atoms with Gasteiger partial charge in [0.25, 0.3) is 10.1 Å². The van der Waals surface area contributed by atoms with Crippen LogP contribution >= 0.6 is 0 Å². The summed E-state index contributed by atoms with van der Waals surface area (Å²) in [5, 5.41) is 33.0. The summed E-state index contributed by atoms with van der Waals surface area (Å²) >= 11 is 0. The van der Waals surface area contributed by atoms with Crippen molar-refractivity contribution in [2.45, 2.75) is 4.90 Å². The van der Waals surface area contributed by atoms with E-state index in [1.165, 1.54) is 24.4 Å². The molecular weight excluding hydrogens is 447 g/mol. The van der Waals surface area contributed by atoms with Crippen molar-refractivity contribution in [1.82, 2.24) is 0 Å². The molecule has 0 aliphatic heterocycles. The summed E-state index contributed by atoms with van der Waals surface area (Å²) in [4.78, 5) is 11.0. The summed E-state index contributed by atoms with van der Waals surface area (Å²) < 4.78 is 31.7. The Bertz CT molecular complexity index is 1280. The first-order chi connectivity index (χ1) is 14.8. The third-order valence-corrected chi connectivity index (χ3v) is 4.81. The molecule has 12 heteroatoms. The second kappa shape index (κ2) is 11.0. The van der Waals surface area contributed by atoms with Gasteiger partial charge in [-0.15, -0.1) is 10.2 Å². The monoisotopic (exact) mass is 462 g/mol. The third-order valence-electron chi connectivity index (χ3n) is 3.96. The fourth-order valence-corrected chi connectivity index (χ4v) is 2.97. The molecule has 0 aliphatic carbocycles. The van der Waals surface area contributed by atoms with E-state index in [1.54, 1.807) is 0 Å². The average molecular weight is 462 g/mol. The molecule has 10 nitrogen and oxygen atoms in total. The molecule has 3 aromatic rings. The van der Waals surface area contributed by atoms with Crippen LogP contribution in [0.2, 0.25) is 0 Å². The maximum Gasteiger partial charge on any atom is 1.00 e. The van der Waals surface area contributed by atoms with E-state index in [4.69, 9.17) is 4.55 Å². The van der Waals surface area contributed by atoms with Gasteiger partial charge in [0.05, 0.1) is 22.8 Å². The Balaban J connectivity index is 0.00000363. The zero-order valence-corrected chi connectivity index (χ0v) is 19.5. The minimum Gasteiger partial charge on any atom is -0.545 e. The van der Waals surface area contributed by atoms with Crippen LogP contribution in [0.3, 0.4) is 0 Å². The van der Waals surface area contributed by atoms with E-state index in [1.807, 2.05) is 30.3 Å². The van der Waals surface area contributed by atoms with Crippen molar-refractivity contribution in [3.05, 3.63) is 77.9 Å². The van der Waals surface area contributed by atoms with Crippen LogP contribution in [-0.2, 0) is 10.1 Å². The largest absolute Gasteiger partial charge is 1.00 e. The Labute approximate surface area is 205 Å². The molecule has 0 amide bonds. The van der Waals surface area contributed by atoms with Gasteiger partial charge in [0.15, 0.2) is 0 Å². The van der Waals surface area contributed by atoms with Gasteiger partial charge in [-0.3, -0.25) is 9.98 Å². The molecule has 3 rings (SSSR count). The molecule has 0 fully saturated rings. The summed E-state index contributed by atoms with van der Waals surface area (Å²) in [6, 6.07) is 16.2. The number of benzene rings is 3. The quantitative estimate of drug-likeness (QED) is 0.145. The molecule has 0 bridgehead atoms. The van der Waals surface area contributed by atoms with Gasteiger partial charge in [-0.05, 0) is 29.8 Å². The molecule has 3 N–H and O–H groups in total. The van der Waals surface area contributed by atoms with Gasteiger partial charge in [-0.25, -0.2) is 0 Å². The molecule has 3 aromatic carbocycles. The number of azo groups is 1. The second-order valence-electron chi connectivity index (χ2n) is 6.10. The summed E-state index contributed by atoms with van der Waals surface area (Å²) in [7, 11) is -4.54. The molecule has 0 spiro atoms. The smallest absolute Gasteiger partial charge is 0.545 e. The Morgan fingerprint density at radius 3 is 2.38 bits per heavy atom. The van der Waals surface area contributed by atoms with E-state index in [0.29, 0.717) is 0 Å². The molecule has 0 saturated carbocycles. The van der Waals surface area contributed by atoms with Gasteiger partial charge in [0.2, 0.25) is 0 Å². The Hall–Kier alpha value is -3.09. The Kier molecular flexibility index (Phi) is 8.63. The van der Waals surface area contributed by atoms with Crippen LogP contribution in [-0.4, -0.2) is 30.3 Å². The minimum absolute atomic E-state index is 0. The third kappa shape index (κ3) is 6.45. The number of nitrogens with zero attached hydrogens (tertiary/aromatic N) is 3. The predicted octanol–water partition coefficient (Wildman–Crippen LogP) is -0.132. The Morgan fingerprint density at radius 2 is 1.72 bits per heavy atom. The summed E-state index contributed by atoms with van der Waals surface area (Å²) in [6.07, 6.45) is 1.51. The van der Waals surface area contributed by atoms with Crippen molar-refractivity contribution in [3.8, 4) is 5.75 Å². The molecule has 32 heavy (non-hydrogen) atoms. The number of phenols is 1. The number of anilines is 1. The van der Waals surface area contributed by atoms with Crippen LogP contribution < -0.4 is 40.1 Å². The SMILES string of the molecule is O=C([O-])c1cccc(NN=Cc2ccccc2)c1N=Nc1cc(S(=O)(=O)O)ccc1O.[Na+]. The molecule has 0 saturated heterocycles. The fourth-order valence-electron chi connectivity index (χ4n) is 2.47. The first-order valence-corrected chi connectivity index (χ1v) is 10.1. The molecule has 0 atom stereocenters. The minimum atomic E-state index is -4.54. The molecule has 0 heterocycles. The van der Waals surface area contributed by atoms with Gasteiger partial charge < -0.3 is 15.0 Å². The van der Waals surface area contributed by atoms with Crippen molar-refractivity contribution >= 4 is 39.4 Å². The normalized spacial score (nSPS) is 11.4. The molecule has 158 valence electrons. The maximum absolute atomic E-state index is 11.5. The van der Waals surface area contributed by atoms with Crippen molar-refractivity contribution in [2.24, 2.45) is 15.3 Å². The first-order valence-electron chi connectivity index (χ1n) is 8.66. The van der Waals surface area contributed by atoms with Crippen molar-refractivity contribution in [3.63, 3.8) is 0 Å². The number of rotatable bonds is 7. The summed E-state index contributed by atoms with van der Waals surface area (Å²) in [5.41, 5.74) is 2.85. The molecule has 0 aromatic heterocycles. The standard InChI is InChI=1S/C20H16N4O6S.Na/c25-18-10-9-14(31(28,29)30)11-17(18)23-24-19-15(20(26)27)7-4-8-16(19)22-21-12-13-5-2-1-3-6-13;/h1-12,22,25H,(H,26,27)(H,28,29,30);/q;+1/p-1. The van der Waals surface area contributed by atoms with Crippen LogP contribution in [0, 0.1) is 0 Å². The number of hydrogen-bond donors (Lipinski definition) is 3. The van der Waals surface area contributed by atoms with Crippen LogP contribution in [0.1, 0.15) is 15.9 Å². The van der Waals surface area contributed by atoms with Gasteiger partial charge in [0.1, 0.15) is 17.1 Å². The van der Waals surface area contributed by atoms with E-state index in [2.05, 4.69) is 20.8 Å². The topological polar surface area (TPSA) is 164 Å². The number of phenolic OH excluding ortho intramolecular Hbond substituents is 1. The first kappa shape index (κ1) is 25.2. The number of carbonyl (C=O) groups excluding carboxylic acids is 1. The number of carboxylic acids is 1. The van der Waals surface area contributed by atoms with E-state index in [0.717, 1.165) is 23.8 Å². The van der Waals surface area contributed by atoms with E-state index >= 15 is 0 Å². The number of carboxylic acid groups (broad SMARTS) is 1. The summed E-state index contributed by atoms with van der Waals surface area (Å²) in [5.74, 6) is -1.96. The second-order valence-corrected chi connectivity index (χ2v) is 7.52. The number of nitrogens with one attached hydrogen (secondary N) is 1. The van der Waals surface area contributed by atoms with Crippen molar-refractivity contribution < 1.29 is 57.5 Å². The van der Waals surface area contributed by atoms with E-state index in [-0.39, 0.29) is 52.2 Å². The van der Waals surface area contributed by atoms with Crippen LogP contribution in [0.15, 0.2) is 87.0 Å². The zero-order valence-electron chi connectivity index (χ0n) is 16.7. The van der Waals surface area contributed by atoms with E-state index in [9.17, 15) is 23.4 Å². The van der Waals surface area contributed by atoms with E-state index < -0.39 is 26.7 Å². The summed E-state index contributed by atoms with van der Waals surface area (Å²) in [6.45, 7) is 0.